The van der Waals surface area contributed by atoms with Crippen LogP contribution in [-0.2, 0) is 10.0 Å². The van der Waals surface area contributed by atoms with Crippen molar-refractivity contribution >= 4 is 10.0 Å². The van der Waals surface area contributed by atoms with E-state index in [1.54, 1.807) is 6.92 Å². The van der Waals surface area contributed by atoms with Crippen molar-refractivity contribution in [3.05, 3.63) is 29.8 Å². The van der Waals surface area contributed by atoms with Crippen LogP contribution in [0.15, 0.2) is 29.2 Å². The van der Waals surface area contributed by atoms with E-state index in [0.717, 1.165) is 0 Å². The summed E-state index contributed by atoms with van der Waals surface area (Å²) in [5.74, 6) is 0. The maximum Gasteiger partial charge on any atom is 0.406 e. The second-order valence-corrected chi connectivity index (χ2v) is 6.62. The summed E-state index contributed by atoms with van der Waals surface area (Å²) in [5, 5.41) is 7.54. The topological polar surface area (TPSA) is 72.2 Å². The molecule has 3 N–H and O–H groups in total. The Balaban J connectivity index is 2.13. The number of nitrogens with one attached hydrogen (secondary N) is 1. The van der Waals surface area contributed by atoms with Crippen molar-refractivity contribution in [1.29, 1.82) is 0 Å². The fraction of sp³-hybridized carbons (Fsp3) is 0.500. The molecule has 1 saturated carbocycles. The molecule has 1 fully saturated rings. The summed E-state index contributed by atoms with van der Waals surface area (Å²) >= 11 is 0. The molecule has 2 rings (SSSR count). The van der Waals surface area contributed by atoms with Crippen LogP contribution in [0, 0.1) is 0 Å². The van der Waals surface area contributed by atoms with E-state index >= 15 is 0 Å². The molecule has 112 valence electrons. The van der Waals surface area contributed by atoms with E-state index in [-0.39, 0.29) is 17.7 Å². The zero-order valence-corrected chi connectivity index (χ0v) is 11.6. The lowest BCUT2D eigenvalue weighted by Gasteiger charge is -2.25. The highest BCUT2D eigenvalue weighted by atomic mass is 32.2. The first-order chi connectivity index (χ1) is 9.05. The molecule has 0 aliphatic heterocycles. The van der Waals surface area contributed by atoms with Crippen molar-refractivity contribution in [3.63, 3.8) is 0 Å². The van der Waals surface area contributed by atoms with Gasteiger partial charge in [0.05, 0.1) is 4.90 Å². The van der Waals surface area contributed by atoms with Crippen molar-refractivity contribution < 1.29 is 21.6 Å². The summed E-state index contributed by atoms with van der Waals surface area (Å²) in [6.45, 7) is 1.61. The van der Waals surface area contributed by atoms with Crippen LogP contribution in [-0.4, -0.2) is 20.1 Å². The Morgan fingerprint density at radius 3 is 2.10 bits per heavy atom. The van der Waals surface area contributed by atoms with Crippen molar-refractivity contribution in [2.24, 2.45) is 5.14 Å². The van der Waals surface area contributed by atoms with E-state index < -0.39 is 27.8 Å². The number of alkyl halides is 3. The summed E-state index contributed by atoms with van der Waals surface area (Å²) < 4.78 is 60.7. The average Bonchev–Trinajstić information content (AvgIpc) is 3.08. The number of halogens is 3. The molecule has 4 nitrogen and oxygen atoms in total. The molecule has 8 heteroatoms. The first-order valence-electron chi connectivity index (χ1n) is 6.02. The van der Waals surface area contributed by atoms with Crippen LogP contribution in [0.3, 0.4) is 0 Å². The third-order valence-electron chi connectivity index (χ3n) is 3.49. The highest BCUT2D eigenvalue weighted by Gasteiger charge is 2.63. The molecule has 0 heterocycles. The van der Waals surface area contributed by atoms with Crippen LogP contribution in [0.5, 0.6) is 0 Å². The van der Waals surface area contributed by atoms with Gasteiger partial charge in [0.25, 0.3) is 0 Å². The molecule has 1 aromatic rings. The molecular formula is C12H15F3N2O2S. The highest BCUT2D eigenvalue weighted by molar-refractivity contribution is 7.89. The molecule has 0 radical (unpaired) electrons. The van der Waals surface area contributed by atoms with Crippen LogP contribution in [0.4, 0.5) is 13.2 Å². The first-order valence-corrected chi connectivity index (χ1v) is 7.57. The number of hydrogen-bond donors (Lipinski definition) is 2. The molecule has 0 bridgehead atoms. The largest absolute Gasteiger partial charge is 0.406 e. The van der Waals surface area contributed by atoms with Gasteiger partial charge in [0.15, 0.2) is 0 Å². The molecule has 1 atom stereocenters. The lowest BCUT2D eigenvalue weighted by molar-refractivity contribution is -0.167. The molecular weight excluding hydrogens is 293 g/mol. The van der Waals surface area contributed by atoms with Crippen molar-refractivity contribution in [1.82, 2.24) is 5.32 Å². The summed E-state index contributed by atoms with van der Waals surface area (Å²) in [6, 6.07) is 4.97. The van der Waals surface area contributed by atoms with Gasteiger partial charge in [-0.05, 0) is 37.5 Å². The standard InChI is InChI=1S/C12H15F3N2O2S/c1-8(17-11(6-7-11)12(13,14)15)9-2-4-10(5-3-9)20(16,18)19/h2-5,8,17H,6-7H2,1H3,(H2,16,18,19). The Morgan fingerprint density at radius 1 is 1.25 bits per heavy atom. The van der Waals surface area contributed by atoms with Gasteiger partial charge in [-0.3, -0.25) is 5.32 Å². The predicted molar refractivity (Wildman–Crippen MR) is 67.4 cm³/mol. The number of hydrogen-bond acceptors (Lipinski definition) is 3. The Hall–Kier alpha value is -1.12. The molecule has 0 spiro atoms. The van der Waals surface area contributed by atoms with Crippen molar-refractivity contribution in [2.75, 3.05) is 0 Å². The molecule has 1 unspecified atom stereocenters. The van der Waals surface area contributed by atoms with E-state index in [1.165, 1.54) is 24.3 Å². The fourth-order valence-corrected chi connectivity index (χ4v) is 2.59. The second-order valence-electron chi connectivity index (χ2n) is 5.06. The molecule has 20 heavy (non-hydrogen) atoms. The number of primary sulfonamides is 1. The quantitative estimate of drug-likeness (QED) is 0.894. The lowest BCUT2D eigenvalue weighted by Crippen LogP contribution is -2.45. The number of nitrogens with two attached hydrogens (primary N) is 1. The van der Waals surface area contributed by atoms with Gasteiger partial charge in [0.2, 0.25) is 10.0 Å². The highest BCUT2D eigenvalue weighted by Crippen LogP contribution is 2.50. The number of sulfonamides is 1. The molecule has 0 amide bonds. The number of benzene rings is 1. The minimum absolute atomic E-state index is 0.0644. The normalized spacial score (nSPS) is 19.6. The Morgan fingerprint density at radius 2 is 1.75 bits per heavy atom. The lowest BCUT2D eigenvalue weighted by atomic mass is 10.1. The van der Waals surface area contributed by atoms with Crippen LogP contribution in [0.25, 0.3) is 0 Å². The van der Waals surface area contributed by atoms with Crippen LogP contribution in [0.1, 0.15) is 31.4 Å². The molecule has 0 aromatic heterocycles. The van der Waals surface area contributed by atoms with Crippen molar-refractivity contribution in [3.8, 4) is 0 Å². The average molecular weight is 308 g/mol. The second kappa shape index (κ2) is 4.71. The van der Waals surface area contributed by atoms with Gasteiger partial charge in [-0.2, -0.15) is 13.2 Å². The van der Waals surface area contributed by atoms with Crippen LogP contribution in [0.2, 0.25) is 0 Å². The van der Waals surface area contributed by atoms with Gasteiger partial charge >= 0.3 is 6.18 Å². The fourth-order valence-electron chi connectivity index (χ4n) is 2.08. The van der Waals surface area contributed by atoms with E-state index in [2.05, 4.69) is 5.32 Å². The smallest absolute Gasteiger partial charge is 0.297 e. The van der Waals surface area contributed by atoms with E-state index in [9.17, 15) is 21.6 Å². The third kappa shape index (κ3) is 2.97. The maximum absolute atomic E-state index is 12.8. The molecule has 1 aliphatic rings. The number of rotatable bonds is 4. The zero-order chi connectivity index (χ0) is 15.2. The first kappa shape index (κ1) is 15.3. The predicted octanol–water partition coefficient (Wildman–Crippen LogP) is 2.08. The van der Waals surface area contributed by atoms with Crippen LogP contribution < -0.4 is 10.5 Å². The summed E-state index contributed by atoms with van der Waals surface area (Å²) in [7, 11) is -3.79. The molecule has 1 aliphatic carbocycles. The van der Waals surface area contributed by atoms with Gasteiger partial charge in [-0.25, -0.2) is 13.6 Å². The van der Waals surface area contributed by atoms with E-state index in [1.807, 2.05) is 0 Å². The third-order valence-corrected chi connectivity index (χ3v) is 4.42. The minimum atomic E-state index is -4.28. The monoisotopic (exact) mass is 308 g/mol. The van der Waals surface area contributed by atoms with Crippen LogP contribution >= 0.6 is 0 Å². The van der Waals surface area contributed by atoms with Gasteiger partial charge in [0, 0.05) is 6.04 Å². The Labute approximate surface area is 115 Å². The van der Waals surface area contributed by atoms with Gasteiger partial charge in [0.1, 0.15) is 5.54 Å². The molecule has 1 aromatic carbocycles. The van der Waals surface area contributed by atoms with Crippen molar-refractivity contribution in [2.45, 2.75) is 42.4 Å². The maximum atomic E-state index is 12.8. The summed E-state index contributed by atoms with van der Waals surface area (Å²) in [6.07, 6.45) is -4.14. The Bertz CT molecular complexity index is 592. The summed E-state index contributed by atoms with van der Waals surface area (Å²) in [5.41, 5.74) is -1.22. The van der Waals surface area contributed by atoms with Gasteiger partial charge in [-0.15, -0.1) is 0 Å². The van der Waals surface area contributed by atoms with E-state index in [4.69, 9.17) is 5.14 Å². The minimum Gasteiger partial charge on any atom is -0.297 e. The SMILES string of the molecule is CC(NC1(C(F)(F)F)CC1)c1ccc(S(N)(=O)=O)cc1. The van der Waals surface area contributed by atoms with E-state index in [0.29, 0.717) is 5.56 Å². The van der Waals surface area contributed by atoms with Gasteiger partial charge < -0.3 is 0 Å². The summed E-state index contributed by atoms with van der Waals surface area (Å²) in [4.78, 5) is -0.0644. The Kier molecular flexibility index (Phi) is 3.60. The van der Waals surface area contributed by atoms with Gasteiger partial charge in [-0.1, -0.05) is 12.1 Å². The zero-order valence-electron chi connectivity index (χ0n) is 10.7. The molecule has 0 saturated heterocycles.